The molecule has 5 nitrogen and oxygen atoms in total. The zero-order chi connectivity index (χ0) is 21.1. The fourth-order valence-electron chi connectivity index (χ4n) is 3.84. The van der Waals surface area contributed by atoms with E-state index < -0.39 is 0 Å². The summed E-state index contributed by atoms with van der Waals surface area (Å²) in [5, 5.41) is 9.32. The highest BCUT2D eigenvalue weighted by Crippen LogP contribution is 2.36. The summed E-state index contributed by atoms with van der Waals surface area (Å²) in [7, 11) is 3.60. The van der Waals surface area contributed by atoms with Gasteiger partial charge in [-0.05, 0) is 72.0 Å². The Morgan fingerprint density at radius 1 is 1.34 bits per heavy atom. The number of benzene rings is 1. The number of allylic oxidation sites excluding steroid dienone is 2. The molecule has 1 fully saturated rings. The van der Waals surface area contributed by atoms with Crippen molar-refractivity contribution in [2.75, 3.05) is 27.2 Å². The van der Waals surface area contributed by atoms with Crippen molar-refractivity contribution in [2.45, 2.75) is 45.3 Å². The Labute approximate surface area is 181 Å². The first-order valence-electron chi connectivity index (χ1n) is 10.0. The molecular weight excluding hydrogens is 430 g/mol. The van der Waals surface area contributed by atoms with E-state index in [0.717, 1.165) is 47.3 Å². The molecule has 3 rings (SSSR count). The van der Waals surface area contributed by atoms with Crippen LogP contribution in [0.2, 0.25) is 0 Å². The average molecular weight is 458 g/mol. The number of nitriles is 1. The molecular formula is C23H28BrN3O2. The highest BCUT2D eigenvalue weighted by molar-refractivity contribution is 9.10. The SMILES string of the molecule is CC(C)N1CCC(Oc2cc3c(cc2Br)CC(C(=O)/C(C#N)=C/N(C)C)=C3)CC1. The van der Waals surface area contributed by atoms with Crippen LogP contribution in [0.3, 0.4) is 0 Å². The van der Waals surface area contributed by atoms with Gasteiger partial charge in [-0.1, -0.05) is 0 Å². The highest BCUT2D eigenvalue weighted by Gasteiger charge is 2.25. The second-order valence-electron chi connectivity index (χ2n) is 8.22. The molecule has 1 aromatic rings. The van der Waals surface area contributed by atoms with E-state index in [1.54, 1.807) is 25.2 Å². The van der Waals surface area contributed by atoms with Gasteiger partial charge in [0.15, 0.2) is 0 Å². The van der Waals surface area contributed by atoms with Crippen molar-refractivity contribution in [3.8, 4) is 11.8 Å². The van der Waals surface area contributed by atoms with E-state index in [1.165, 1.54) is 0 Å². The lowest BCUT2D eigenvalue weighted by Gasteiger charge is -2.34. The summed E-state index contributed by atoms with van der Waals surface area (Å²) in [6.07, 6.45) is 6.23. The molecule has 1 aliphatic carbocycles. The Morgan fingerprint density at radius 3 is 2.62 bits per heavy atom. The third-order valence-corrected chi connectivity index (χ3v) is 6.07. The number of Topliss-reactive ketones (excluding diaryl/α,β-unsaturated/α-hetero) is 1. The van der Waals surface area contributed by atoms with Crippen LogP contribution in [-0.2, 0) is 11.2 Å². The molecule has 0 bridgehead atoms. The van der Waals surface area contributed by atoms with Crippen molar-refractivity contribution in [1.82, 2.24) is 9.80 Å². The van der Waals surface area contributed by atoms with Crippen LogP contribution in [0, 0.1) is 11.3 Å². The zero-order valence-corrected chi connectivity index (χ0v) is 19.1. The van der Waals surface area contributed by atoms with Crippen LogP contribution < -0.4 is 4.74 Å². The minimum Gasteiger partial charge on any atom is -0.489 e. The number of ketones is 1. The second kappa shape index (κ2) is 9.15. The number of rotatable bonds is 6. The summed E-state index contributed by atoms with van der Waals surface area (Å²) in [6.45, 7) is 6.57. The smallest absolute Gasteiger partial charge is 0.201 e. The Kier molecular flexibility index (Phi) is 6.81. The lowest BCUT2D eigenvalue weighted by atomic mass is 10.0. The maximum Gasteiger partial charge on any atom is 0.201 e. The molecule has 0 atom stereocenters. The lowest BCUT2D eigenvalue weighted by molar-refractivity contribution is -0.111. The van der Waals surface area contributed by atoms with E-state index >= 15 is 0 Å². The lowest BCUT2D eigenvalue weighted by Crippen LogP contribution is -2.41. The molecule has 1 heterocycles. The molecule has 0 amide bonds. The van der Waals surface area contributed by atoms with E-state index in [1.807, 2.05) is 24.3 Å². The van der Waals surface area contributed by atoms with Crippen LogP contribution in [0.15, 0.2) is 34.0 Å². The molecule has 1 aliphatic heterocycles. The number of halogens is 1. The Balaban J connectivity index is 1.73. The van der Waals surface area contributed by atoms with Gasteiger partial charge in [0.05, 0.1) is 4.47 Å². The molecule has 0 radical (unpaired) electrons. The molecule has 154 valence electrons. The van der Waals surface area contributed by atoms with Crippen LogP contribution in [-0.4, -0.2) is 54.9 Å². The van der Waals surface area contributed by atoms with Crippen molar-refractivity contribution < 1.29 is 9.53 Å². The summed E-state index contributed by atoms with van der Waals surface area (Å²) in [4.78, 5) is 16.9. The van der Waals surface area contributed by atoms with Gasteiger partial charge in [-0.3, -0.25) is 4.79 Å². The molecule has 1 saturated heterocycles. The Hall–Kier alpha value is -2.10. The molecule has 0 saturated carbocycles. The van der Waals surface area contributed by atoms with Gasteiger partial charge in [-0.2, -0.15) is 5.26 Å². The van der Waals surface area contributed by atoms with Crippen LogP contribution in [0.25, 0.3) is 6.08 Å². The van der Waals surface area contributed by atoms with Gasteiger partial charge in [0.2, 0.25) is 5.78 Å². The standard InChI is InChI=1S/C23H28BrN3O2/c1-15(2)27-7-5-20(6-8-27)29-22-12-17-10-18(9-16(17)11-21(22)24)23(28)19(13-25)14-26(3)4/h10-12,14-15,20H,5-9H2,1-4H3/b19-14+. The summed E-state index contributed by atoms with van der Waals surface area (Å²) in [5.41, 5.74) is 2.86. The number of carbonyl (C=O) groups is 1. The van der Waals surface area contributed by atoms with Crippen LogP contribution >= 0.6 is 15.9 Å². The summed E-state index contributed by atoms with van der Waals surface area (Å²) >= 11 is 3.63. The minimum atomic E-state index is -0.211. The first-order chi connectivity index (χ1) is 13.8. The maximum atomic E-state index is 12.7. The summed E-state index contributed by atoms with van der Waals surface area (Å²) < 4.78 is 7.21. The van der Waals surface area contributed by atoms with Crippen molar-refractivity contribution in [1.29, 1.82) is 5.26 Å². The second-order valence-corrected chi connectivity index (χ2v) is 9.08. The average Bonchev–Trinajstić information content (AvgIpc) is 3.08. The van der Waals surface area contributed by atoms with Crippen LogP contribution in [0.1, 0.15) is 37.8 Å². The third kappa shape index (κ3) is 5.09. The van der Waals surface area contributed by atoms with E-state index in [2.05, 4.69) is 34.7 Å². The summed E-state index contributed by atoms with van der Waals surface area (Å²) in [6, 6.07) is 6.63. The number of piperidine rings is 1. The fourth-order valence-corrected chi connectivity index (χ4v) is 4.32. The molecule has 2 aliphatic rings. The van der Waals surface area contributed by atoms with Gasteiger partial charge in [0, 0.05) is 51.4 Å². The zero-order valence-electron chi connectivity index (χ0n) is 17.5. The number of carbonyl (C=O) groups excluding carboxylic acids is 1. The number of ether oxygens (including phenoxy) is 1. The van der Waals surface area contributed by atoms with Crippen molar-refractivity contribution in [3.05, 3.63) is 45.1 Å². The van der Waals surface area contributed by atoms with Gasteiger partial charge < -0.3 is 14.5 Å². The molecule has 0 N–H and O–H groups in total. The highest BCUT2D eigenvalue weighted by atomic mass is 79.9. The van der Waals surface area contributed by atoms with Gasteiger partial charge >= 0.3 is 0 Å². The van der Waals surface area contributed by atoms with Gasteiger partial charge in [-0.25, -0.2) is 0 Å². The van der Waals surface area contributed by atoms with Crippen molar-refractivity contribution in [2.24, 2.45) is 0 Å². The number of hydrogen-bond donors (Lipinski definition) is 0. The largest absolute Gasteiger partial charge is 0.489 e. The maximum absolute atomic E-state index is 12.7. The normalized spacial score (nSPS) is 17.7. The van der Waals surface area contributed by atoms with E-state index in [4.69, 9.17) is 4.74 Å². The third-order valence-electron chi connectivity index (χ3n) is 5.45. The van der Waals surface area contributed by atoms with E-state index in [9.17, 15) is 10.1 Å². The Bertz CT molecular complexity index is 888. The first-order valence-corrected chi connectivity index (χ1v) is 10.8. The molecule has 0 unspecified atom stereocenters. The van der Waals surface area contributed by atoms with Crippen molar-refractivity contribution in [3.63, 3.8) is 0 Å². The topological polar surface area (TPSA) is 56.6 Å². The van der Waals surface area contributed by atoms with Crippen molar-refractivity contribution >= 4 is 27.8 Å². The molecule has 0 aromatic heterocycles. The number of likely N-dealkylation sites (tertiary alicyclic amines) is 1. The van der Waals surface area contributed by atoms with Gasteiger partial charge in [-0.15, -0.1) is 0 Å². The number of nitrogens with zero attached hydrogens (tertiary/aromatic N) is 3. The summed E-state index contributed by atoms with van der Waals surface area (Å²) in [5.74, 6) is 0.609. The molecule has 1 aromatic carbocycles. The van der Waals surface area contributed by atoms with Crippen LogP contribution in [0.5, 0.6) is 5.75 Å². The van der Waals surface area contributed by atoms with E-state index in [-0.39, 0.29) is 17.5 Å². The van der Waals surface area contributed by atoms with E-state index in [0.29, 0.717) is 18.0 Å². The molecule has 0 spiro atoms. The fraction of sp³-hybridized carbons (Fsp3) is 0.478. The monoisotopic (exact) mass is 457 g/mol. The minimum absolute atomic E-state index is 0.154. The Morgan fingerprint density at radius 2 is 2.03 bits per heavy atom. The van der Waals surface area contributed by atoms with Gasteiger partial charge in [0.25, 0.3) is 0 Å². The molecule has 29 heavy (non-hydrogen) atoms. The number of fused-ring (bicyclic) bond motifs is 1. The molecule has 6 heteroatoms. The van der Waals surface area contributed by atoms with Crippen LogP contribution in [0.4, 0.5) is 0 Å². The quantitative estimate of drug-likeness (QED) is 0.473. The predicted octanol–water partition coefficient (Wildman–Crippen LogP) is 4.18. The van der Waals surface area contributed by atoms with Gasteiger partial charge in [0.1, 0.15) is 23.5 Å². The first kappa shape index (κ1) is 21.6. The number of hydrogen-bond acceptors (Lipinski definition) is 5. The predicted molar refractivity (Wildman–Crippen MR) is 119 cm³/mol.